The van der Waals surface area contributed by atoms with Crippen LogP contribution in [0.4, 0.5) is 0 Å². The predicted molar refractivity (Wildman–Crippen MR) is 84.7 cm³/mol. The van der Waals surface area contributed by atoms with Crippen LogP contribution >= 0.6 is 0 Å². The third-order valence-electron chi connectivity index (χ3n) is 6.56. The van der Waals surface area contributed by atoms with Crippen molar-refractivity contribution in [2.75, 3.05) is 19.8 Å². The fourth-order valence-corrected chi connectivity index (χ4v) is 4.93. The van der Waals surface area contributed by atoms with Crippen molar-refractivity contribution in [1.82, 2.24) is 0 Å². The Morgan fingerprint density at radius 1 is 1.22 bits per heavy atom. The molecule has 2 aliphatic carbocycles. The first-order valence-corrected chi connectivity index (χ1v) is 9.02. The SMILES string of the molecule is CC(=O)OC[C@H]1CC[C@]2(O)C[C@@H](CCC3OCCO3)CC[C@]12C. The van der Waals surface area contributed by atoms with E-state index in [2.05, 4.69) is 6.92 Å². The molecule has 3 aliphatic rings. The molecule has 132 valence electrons. The van der Waals surface area contributed by atoms with E-state index in [0.717, 1.165) is 44.9 Å². The molecule has 5 nitrogen and oxygen atoms in total. The fourth-order valence-electron chi connectivity index (χ4n) is 4.93. The van der Waals surface area contributed by atoms with Crippen molar-refractivity contribution in [3.8, 4) is 0 Å². The standard InChI is InChI=1S/C18H30O5/c1-13(19)23-12-15-6-8-18(20)11-14(5-7-17(15,18)2)3-4-16-21-9-10-22-16/h14-16,20H,3-12H2,1-2H3/t14-,15+,17+,18-/m0/s1. The van der Waals surface area contributed by atoms with Gasteiger partial charge in [-0.25, -0.2) is 0 Å². The van der Waals surface area contributed by atoms with Crippen LogP contribution in [-0.4, -0.2) is 42.8 Å². The zero-order chi connectivity index (χ0) is 16.5. The summed E-state index contributed by atoms with van der Waals surface area (Å²) < 4.78 is 16.3. The second kappa shape index (κ2) is 6.69. The van der Waals surface area contributed by atoms with E-state index in [-0.39, 0.29) is 23.6 Å². The first kappa shape index (κ1) is 17.2. The molecule has 0 aromatic carbocycles. The van der Waals surface area contributed by atoms with Gasteiger partial charge in [-0.15, -0.1) is 0 Å². The first-order valence-electron chi connectivity index (χ1n) is 9.02. The molecule has 0 spiro atoms. The lowest BCUT2D eigenvalue weighted by atomic mass is 9.59. The van der Waals surface area contributed by atoms with Crippen molar-refractivity contribution in [2.45, 2.75) is 70.7 Å². The molecule has 0 amide bonds. The summed E-state index contributed by atoms with van der Waals surface area (Å²) in [6.07, 6.45) is 6.69. The normalized spacial score (nSPS) is 41.0. The van der Waals surface area contributed by atoms with Crippen molar-refractivity contribution in [3.63, 3.8) is 0 Å². The molecule has 0 aromatic rings. The lowest BCUT2D eigenvalue weighted by molar-refractivity contribution is -0.150. The number of aliphatic hydroxyl groups is 1. The lowest BCUT2D eigenvalue weighted by Gasteiger charge is -2.49. The molecular formula is C18H30O5. The molecule has 3 fully saturated rings. The van der Waals surface area contributed by atoms with Crippen molar-refractivity contribution in [3.05, 3.63) is 0 Å². The minimum Gasteiger partial charge on any atom is -0.466 e. The molecule has 0 unspecified atom stereocenters. The Morgan fingerprint density at radius 2 is 1.96 bits per heavy atom. The van der Waals surface area contributed by atoms with Crippen LogP contribution in [-0.2, 0) is 19.0 Å². The number of esters is 1. The van der Waals surface area contributed by atoms with E-state index in [1.54, 1.807) is 0 Å². The lowest BCUT2D eigenvalue weighted by Crippen LogP contribution is -2.50. The minimum atomic E-state index is -0.613. The van der Waals surface area contributed by atoms with Crippen LogP contribution in [0.1, 0.15) is 58.8 Å². The summed E-state index contributed by atoms with van der Waals surface area (Å²) in [5.74, 6) is 0.585. The largest absolute Gasteiger partial charge is 0.466 e. The van der Waals surface area contributed by atoms with E-state index in [4.69, 9.17) is 14.2 Å². The van der Waals surface area contributed by atoms with Gasteiger partial charge >= 0.3 is 5.97 Å². The predicted octanol–water partition coefficient (Wildman–Crippen LogP) is 2.65. The zero-order valence-electron chi connectivity index (χ0n) is 14.4. The van der Waals surface area contributed by atoms with Crippen LogP contribution < -0.4 is 0 Å². The average molecular weight is 326 g/mol. The molecular weight excluding hydrogens is 296 g/mol. The Balaban J connectivity index is 1.56. The van der Waals surface area contributed by atoms with Gasteiger partial charge in [0.15, 0.2) is 6.29 Å². The first-order chi connectivity index (χ1) is 10.9. The Bertz CT molecular complexity index is 433. The van der Waals surface area contributed by atoms with Crippen LogP contribution in [0, 0.1) is 17.3 Å². The Morgan fingerprint density at radius 3 is 2.65 bits per heavy atom. The van der Waals surface area contributed by atoms with Crippen LogP contribution in [0.3, 0.4) is 0 Å². The zero-order valence-corrected chi connectivity index (χ0v) is 14.4. The monoisotopic (exact) mass is 326 g/mol. The molecule has 1 saturated heterocycles. The van der Waals surface area contributed by atoms with Gasteiger partial charge in [0.25, 0.3) is 0 Å². The van der Waals surface area contributed by atoms with Gasteiger partial charge in [0, 0.05) is 18.3 Å². The van der Waals surface area contributed by atoms with Crippen LogP contribution in [0.5, 0.6) is 0 Å². The summed E-state index contributed by atoms with van der Waals surface area (Å²) in [5, 5.41) is 11.3. The smallest absolute Gasteiger partial charge is 0.302 e. The molecule has 1 N–H and O–H groups in total. The van der Waals surface area contributed by atoms with Gasteiger partial charge in [-0.2, -0.15) is 0 Å². The number of hydrogen-bond donors (Lipinski definition) is 1. The summed E-state index contributed by atoms with van der Waals surface area (Å²) >= 11 is 0. The van der Waals surface area contributed by atoms with E-state index < -0.39 is 5.60 Å². The second-order valence-corrected chi connectivity index (χ2v) is 7.84. The van der Waals surface area contributed by atoms with Crippen LogP contribution in [0.25, 0.3) is 0 Å². The molecule has 3 rings (SSSR count). The van der Waals surface area contributed by atoms with Gasteiger partial charge in [-0.05, 0) is 50.9 Å². The van der Waals surface area contributed by atoms with Gasteiger partial charge in [0.2, 0.25) is 0 Å². The summed E-state index contributed by atoms with van der Waals surface area (Å²) in [6, 6.07) is 0. The fraction of sp³-hybridized carbons (Fsp3) is 0.944. The number of carbonyl (C=O) groups is 1. The number of carbonyl (C=O) groups excluding carboxylic acids is 1. The number of ether oxygens (including phenoxy) is 3. The highest BCUT2D eigenvalue weighted by Gasteiger charge is 2.58. The maximum Gasteiger partial charge on any atom is 0.302 e. The molecule has 5 heteroatoms. The molecule has 0 radical (unpaired) electrons. The van der Waals surface area contributed by atoms with Crippen molar-refractivity contribution in [1.29, 1.82) is 0 Å². The Labute approximate surface area is 138 Å². The summed E-state index contributed by atoms with van der Waals surface area (Å²) in [4.78, 5) is 11.1. The highest BCUT2D eigenvalue weighted by atomic mass is 16.7. The van der Waals surface area contributed by atoms with Gasteiger partial charge < -0.3 is 19.3 Å². The maximum atomic E-state index is 11.3. The van der Waals surface area contributed by atoms with Gasteiger partial charge in [-0.3, -0.25) is 4.79 Å². The molecule has 23 heavy (non-hydrogen) atoms. The molecule has 2 saturated carbocycles. The quantitative estimate of drug-likeness (QED) is 0.787. The highest BCUT2D eigenvalue weighted by molar-refractivity contribution is 5.65. The number of fused-ring (bicyclic) bond motifs is 1. The second-order valence-electron chi connectivity index (χ2n) is 7.84. The Hall–Kier alpha value is -0.650. The summed E-state index contributed by atoms with van der Waals surface area (Å²) in [7, 11) is 0. The third kappa shape index (κ3) is 3.42. The van der Waals surface area contributed by atoms with E-state index in [1.807, 2.05) is 0 Å². The van der Waals surface area contributed by atoms with E-state index >= 15 is 0 Å². The Kier molecular flexibility index (Phi) is 5.00. The molecule has 4 atom stereocenters. The van der Waals surface area contributed by atoms with Gasteiger partial charge in [0.05, 0.1) is 25.4 Å². The highest BCUT2D eigenvalue weighted by Crippen LogP contribution is 2.59. The number of hydrogen-bond acceptors (Lipinski definition) is 5. The van der Waals surface area contributed by atoms with Crippen LogP contribution in [0.2, 0.25) is 0 Å². The van der Waals surface area contributed by atoms with E-state index in [0.29, 0.717) is 25.7 Å². The van der Waals surface area contributed by atoms with Gasteiger partial charge in [0.1, 0.15) is 0 Å². The topological polar surface area (TPSA) is 65.0 Å². The van der Waals surface area contributed by atoms with E-state index in [9.17, 15) is 9.90 Å². The average Bonchev–Trinajstić information content (AvgIpc) is 3.09. The van der Waals surface area contributed by atoms with E-state index in [1.165, 1.54) is 6.92 Å². The molecule has 1 aliphatic heterocycles. The maximum absolute atomic E-state index is 11.3. The molecule has 1 heterocycles. The summed E-state index contributed by atoms with van der Waals surface area (Å²) in [6.45, 7) is 5.49. The third-order valence-corrected chi connectivity index (χ3v) is 6.56. The minimum absolute atomic E-state index is 0.0433. The van der Waals surface area contributed by atoms with Gasteiger partial charge in [-0.1, -0.05) is 6.92 Å². The number of rotatable bonds is 5. The van der Waals surface area contributed by atoms with Crippen molar-refractivity contribution in [2.24, 2.45) is 17.3 Å². The molecule has 0 aromatic heterocycles. The molecule has 0 bridgehead atoms. The summed E-state index contributed by atoms with van der Waals surface area (Å²) in [5.41, 5.74) is -0.739. The van der Waals surface area contributed by atoms with Crippen molar-refractivity contribution < 1.29 is 24.1 Å². The van der Waals surface area contributed by atoms with Crippen molar-refractivity contribution >= 4 is 5.97 Å². The van der Waals surface area contributed by atoms with Crippen LogP contribution in [0.15, 0.2) is 0 Å².